The summed E-state index contributed by atoms with van der Waals surface area (Å²) >= 11 is 3.06. The van der Waals surface area contributed by atoms with Gasteiger partial charge in [-0.15, -0.1) is 0 Å². The monoisotopic (exact) mass is 324 g/mol. The molecule has 0 aromatic heterocycles. The standard InChI is InChI=1S/C14H14BrFN2O/c15-10-6-12(17)13(7-11(10)16)18-8-14(19)9-4-2-1-3-5-9/h1-7,14,18-19H,8,17H2. The number of hydrogen-bond acceptors (Lipinski definition) is 3. The number of rotatable bonds is 4. The van der Waals surface area contributed by atoms with Gasteiger partial charge in [0.25, 0.3) is 0 Å². The maximum absolute atomic E-state index is 13.4. The molecule has 0 amide bonds. The highest BCUT2D eigenvalue weighted by Crippen LogP contribution is 2.27. The largest absolute Gasteiger partial charge is 0.397 e. The van der Waals surface area contributed by atoms with Gasteiger partial charge in [0, 0.05) is 12.6 Å². The number of aliphatic hydroxyl groups excluding tert-OH is 1. The summed E-state index contributed by atoms with van der Waals surface area (Å²) in [6.45, 7) is 0.259. The van der Waals surface area contributed by atoms with E-state index in [1.807, 2.05) is 30.3 Å². The second kappa shape index (κ2) is 6.04. The minimum Gasteiger partial charge on any atom is -0.397 e. The van der Waals surface area contributed by atoms with Crippen molar-refractivity contribution < 1.29 is 9.50 Å². The van der Waals surface area contributed by atoms with Crippen LogP contribution in [-0.2, 0) is 0 Å². The maximum atomic E-state index is 13.4. The molecule has 19 heavy (non-hydrogen) atoms. The van der Waals surface area contributed by atoms with Gasteiger partial charge in [-0.2, -0.15) is 0 Å². The van der Waals surface area contributed by atoms with Crippen LogP contribution in [0.3, 0.4) is 0 Å². The molecule has 0 bridgehead atoms. The van der Waals surface area contributed by atoms with Gasteiger partial charge in [-0.05, 0) is 27.6 Å². The van der Waals surface area contributed by atoms with Gasteiger partial charge < -0.3 is 16.2 Å². The fraction of sp³-hybridized carbons (Fsp3) is 0.143. The van der Waals surface area contributed by atoms with Crippen molar-refractivity contribution in [3.8, 4) is 0 Å². The van der Waals surface area contributed by atoms with E-state index in [9.17, 15) is 9.50 Å². The summed E-state index contributed by atoms with van der Waals surface area (Å²) in [7, 11) is 0. The highest BCUT2D eigenvalue weighted by molar-refractivity contribution is 9.10. The molecule has 1 atom stereocenters. The minimum absolute atomic E-state index is 0.259. The Labute approximate surface area is 119 Å². The van der Waals surface area contributed by atoms with Gasteiger partial charge in [0.15, 0.2) is 0 Å². The first-order valence-corrected chi connectivity index (χ1v) is 6.58. The van der Waals surface area contributed by atoms with Crippen LogP contribution in [-0.4, -0.2) is 11.7 Å². The van der Waals surface area contributed by atoms with Crippen LogP contribution in [0.1, 0.15) is 11.7 Å². The molecule has 100 valence electrons. The number of anilines is 2. The zero-order valence-corrected chi connectivity index (χ0v) is 11.7. The van der Waals surface area contributed by atoms with E-state index in [2.05, 4.69) is 21.2 Å². The van der Waals surface area contributed by atoms with Crippen LogP contribution in [0.2, 0.25) is 0 Å². The average Bonchev–Trinajstić information content (AvgIpc) is 2.42. The van der Waals surface area contributed by atoms with Crippen LogP contribution >= 0.6 is 15.9 Å². The minimum atomic E-state index is -0.674. The predicted molar refractivity (Wildman–Crippen MR) is 78.4 cm³/mol. The molecule has 0 aliphatic heterocycles. The number of nitrogens with two attached hydrogens (primary N) is 1. The van der Waals surface area contributed by atoms with E-state index in [-0.39, 0.29) is 6.54 Å². The SMILES string of the molecule is Nc1cc(Br)c(F)cc1NCC(O)c1ccccc1. The molecule has 0 radical (unpaired) electrons. The van der Waals surface area contributed by atoms with Crippen molar-refractivity contribution in [2.24, 2.45) is 0 Å². The Morgan fingerprint density at radius 3 is 2.63 bits per heavy atom. The lowest BCUT2D eigenvalue weighted by molar-refractivity contribution is 0.191. The number of benzene rings is 2. The van der Waals surface area contributed by atoms with Gasteiger partial charge in [0.05, 0.1) is 22.0 Å². The molecule has 0 aliphatic carbocycles. The molecule has 0 fully saturated rings. The third-order valence-corrected chi connectivity index (χ3v) is 3.37. The zero-order chi connectivity index (χ0) is 13.8. The summed E-state index contributed by atoms with van der Waals surface area (Å²) in [5.41, 5.74) is 7.46. The van der Waals surface area contributed by atoms with Crippen molar-refractivity contribution >= 4 is 27.3 Å². The summed E-state index contributed by atoms with van der Waals surface area (Å²) in [4.78, 5) is 0. The lowest BCUT2D eigenvalue weighted by Gasteiger charge is -2.15. The van der Waals surface area contributed by atoms with Gasteiger partial charge in [-0.25, -0.2) is 4.39 Å². The van der Waals surface area contributed by atoms with Gasteiger partial charge in [-0.1, -0.05) is 30.3 Å². The topological polar surface area (TPSA) is 58.3 Å². The van der Waals surface area contributed by atoms with Gasteiger partial charge in [-0.3, -0.25) is 0 Å². The van der Waals surface area contributed by atoms with Gasteiger partial charge in [0.2, 0.25) is 0 Å². The zero-order valence-electron chi connectivity index (χ0n) is 10.1. The second-order valence-corrected chi connectivity index (χ2v) is 5.02. The fourth-order valence-corrected chi connectivity index (χ4v) is 2.08. The van der Waals surface area contributed by atoms with E-state index in [0.717, 1.165) is 5.56 Å². The molecule has 2 aromatic rings. The Hall–Kier alpha value is -1.59. The molecule has 2 rings (SSSR count). The number of nitrogens with one attached hydrogen (secondary N) is 1. The molecule has 0 saturated heterocycles. The lowest BCUT2D eigenvalue weighted by atomic mass is 10.1. The Balaban J connectivity index is 2.05. The van der Waals surface area contributed by atoms with Crippen molar-refractivity contribution in [1.29, 1.82) is 0 Å². The summed E-state index contributed by atoms with van der Waals surface area (Å²) in [5.74, 6) is -0.397. The van der Waals surface area contributed by atoms with Crippen LogP contribution in [0.25, 0.3) is 0 Å². The molecular formula is C14H14BrFN2O. The summed E-state index contributed by atoms with van der Waals surface area (Å²) < 4.78 is 13.7. The van der Waals surface area contributed by atoms with Crippen molar-refractivity contribution in [3.63, 3.8) is 0 Å². The van der Waals surface area contributed by atoms with E-state index < -0.39 is 11.9 Å². The molecule has 3 nitrogen and oxygen atoms in total. The first-order valence-electron chi connectivity index (χ1n) is 5.79. The Morgan fingerprint density at radius 2 is 1.95 bits per heavy atom. The fourth-order valence-electron chi connectivity index (χ4n) is 1.71. The Morgan fingerprint density at radius 1 is 1.26 bits per heavy atom. The summed E-state index contributed by atoms with van der Waals surface area (Å²) in [5, 5.41) is 12.9. The molecule has 5 heteroatoms. The van der Waals surface area contributed by atoms with E-state index in [0.29, 0.717) is 15.8 Å². The lowest BCUT2D eigenvalue weighted by Crippen LogP contribution is -2.13. The highest BCUT2D eigenvalue weighted by Gasteiger charge is 2.09. The van der Waals surface area contributed by atoms with E-state index in [4.69, 9.17) is 5.73 Å². The van der Waals surface area contributed by atoms with Crippen LogP contribution < -0.4 is 11.1 Å². The molecule has 0 saturated carbocycles. The molecule has 0 heterocycles. The highest BCUT2D eigenvalue weighted by atomic mass is 79.9. The first-order chi connectivity index (χ1) is 9.08. The van der Waals surface area contributed by atoms with Crippen molar-refractivity contribution in [2.75, 3.05) is 17.6 Å². The number of aliphatic hydroxyl groups is 1. The average molecular weight is 325 g/mol. The third-order valence-electron chi connectivity index (χ3n) is 2.76. The normalized spacial score (nSPS) is 12.2. The summed E-state index contributed by atoms with van der Waals surface area (Å²) in [6.07, 6.45) is -0.674. The second-order valence-electron chi connectivity index (χ2n) is 4.16. The van der Waals surface area contributed by atoms with Crippen molar-refractivity contribution in [1.82, 2.24) is 0 Å². The predicted octanol–water partition coefficient (Wildman–Crippen LogP) is 3.32. The van der Waals surface area contributed by atoms with E-state index >= 15 is 0 Å². The molecule has 0 aliphatic rings. The number of halogens is 2. The van der Waals surface area contributed by atoms with Crippen molar-refractivity contribution in [3.05, 3.63) is 58.3 Å². The smallest absolute Gasteiger partial charge is 0.139 e. The maximum Gasteiger partial charge on any atom is 0.139 e. The molecule has 2 aromatic carbocycles. The van der Waals surface area contributed by atoms with Gasteiger partial charge in [0.1, 0.15) is 5.82 Å². The first kappa shape index (κ1) is 13.8. The molecule has 0 spiro atoms. The Kier molecular flexibility index (Phi) is 4.39. The summed E-state index contributed by atoms with van der Waals surface area (Å²) in [6, 6.07) is 12.0. The molecule has 1 unspecified atom stereocenters. The van der Waals surface area contributed by atoms with Crippen molar-refractivity contribution in [2.45, 2.75) is 6.10 Å². The van der Waals surface area contributed by atoms with Crippen LogP contribution in [0.4, 0.5) is 15.8 Å². The van der Waals surface area contributed by atoms with E-state index in [1.165, 1.54) is 12.1 Å². The number of nitrogen functional groups attached to an aromatic ring is 1. The quantitative estimate of drug-likeness (QED) is 0.756. The Bertz CT molecular complexity index is 563. The third kappa shape index (κ3) is 3.45. The van der Waals surface area contributed by atoms with E-state index in [1.54, 1.807) is 0 Å². The van der Waals surface area contributed by atoms with Crippen LogP contribution in [0.15, 0.2) is 46.9 Å². The molecule has 4 N–H and O–H groups in total. The van der Waals surface area contributed by atoms with Crippen LogP contribution in [0.5, 0.6) is 0 Å². The number of hydrogen-bond donors (Lipinski definition) is 3. The molecular weight excluding hydrogens is 311 g/mol. The van der Waals surface area contributed by atoms with Crippen LogP contribution in [0, 0.1) is 5.82 Å². The van der Waals surface area contributed by atoms with Gasteiger partial charge >= 0.3 is 0 Å².